The molecule has 0 aliphatic rings. The van der Waals surface area contributed by atoms with Gasteiger partial charge < -0.3 is 5.73 Å². The third-order valence-electron chi connectivity index (χ3n) is 3.36. The van der Waals surface area contributed by atoms with Gasteiger partial charge >= 0.3 is 0 Å². The highest BCUT2D eigenvalue weighted by atomic mass is 32.2. The highest BCUT2D eigenvalue weighted by molar-refractivity contribution is 7.89. The van der Waals surface area contributed by atoms with Crippen LogP contribution in [0.4, 0.5) is 10.1 Å². The van der Waals surface area contributed by atoms with E-state index in [0.717, 1.165) is 11.6 Å². The number of benzene rings is 1. The van der Waals surface area contributed by atoms with Crippen LogP contribution in [0.5, 0.6) is 0 Å². The van der Waals surface area contributed by atoms with Gasteiger partial charge in [0.25, 0.3) is 0 Å². The van der Waals surface area contributed by atoms with Gasteiger partial charge in [-0.05, 0) is 53.4 Å². The second-order valence-electron chi connectivity index (χ2n) is 4.94. The van der Waals surface area contributed by atoms with E-state index in [9.17, 15) is 12.8 Å². The lowest BCUT2D eigenvalue weighted by Gasteiger charge is -2.20. The van der Waals surface area contributed by atoms with Crippen LogP contribution in [0.15, 0.2) is 27.8 Å². The van der Waals surface area contributed by atoms with Crippen molar-refractivity contribution in [2.24, 2.45) is 0 Å². The van der Waals surface area contributed by atoms with E-state index >= 15 is 0 Å². The third kappa shape index (κ3) is 2.95. The molecule has 0 amide bonds. The summed E-state index contributed by atoms with van der Waals surface area (Å²) in [6, 6.07) is 3.03. The van der Waals surface area contributed by atoms with E-state index in [4.69, 9.17) is 5.73 Å². The number of nitrogens with zero attached hydrogens (tertiary/aromatic N) is 1. The number of nitrogens with two attached hydrogens (primary N) is 1. The lowest BCUT2D eigenvalue weighted by molar-refractivity contribution is 0.466. The molecule has 21 heavy (non-hydrogen) atoms. The average molecular weight is 328 g/mol. The van der Waals surface area contributed by atoms with Crippen LogP contribution in [0.3, 0.4) is 0 Å². The normalized spacial score (nSPS) is 12.0. The minimum absolute atomic E-state index is 0.0825. The molecule has 0 spiro atoms. The topological polar surface area (TPSA) is 63.4 Å². The molecule has 2 rings (SSSR count). The molecule has 4 nitrogen and oxygen atoms in total. The highest BCUT2D eigenvalue weighted by Gasteiger charge is 2.27. The first-order chi connectivity index (χ1) is 9.75. The minimum Gasteiger partial charge on any atom is -0.396 e. The largest absolute Gasteiger partial charge is 0.396 e. The van der Waals surface area contributed by atoms with Crippen molar-refractivity contribution in [3.8, 4) is 0 Å². The van der Waals surface area contributed by atoms with Crippen molar-refractivity contribution in [2.75, 3.05) is 12.8 Å². The van der Waals surface area contributed by atoms with E-state index in [1.807, 2.05) is 16.8 Å². The van der Waals surface area contributed by atoms with Crippen LogP contribution in [0.1, 0.15) is 16.7 Å². The average Bonchev–Trinajstić information content (AvgIpc) is 2.88. The SMILES string of the molecule is Cc1cc(F)c(N)c(C)c1S(=O)(=O)N(C)Cc1ccsc1. The van der Waals surface area contributed by atoms with Crippen molar-refractivity contribution >= 4 is 27.0 Å². The Kier molecular flexibility index (Phi) is 4.36. The van der Waals surface area contributed by atoms with Gasteiger partial charge in [0.05, 0.1) is 10.6 Å². The number of aryl methyl sites for hydroxylation is 1. The zero-order valence-electron chi connectivity index (χ0n) is 12.1. The monoisotopic (exact) mass is 328 g/mol. The molecule has 0 atom stereocenters. The Hall–Kier alpha value is -1.44. The summed E-state index contributed by atoms with van der Waals surface area (Å²) in [4.78, 5) is 0.0825. The fourth-order valence-corrected chi connectivity index (χ4v) is 4.46. The number of halogens is 1. The molecule has 0 bridgehead atoms. The summed E-state index contributed by atoms with van der Waals surface area (Å²) in [5.74, 6) is -0.593. The van der Waals surface area contributed by atoms with Crippen LogP contribution >= 0.6 is 11.3 Å². The van der Waals surface area contributed by atoms with E-state index in [2.05, 4.69) is 0 Å². The van der Waals surface area contributed by atoms with E-state index in [0.29, 0.717) is 5.56 Å². The van der Waals surface area contributed by atoms with Crippen LogP contribution in [-0.4, -0.2) is 19.8 Å². The number of anilines is 1. The Bertz CT molecular complexity index is 756. The second-order valence-corrected chi connectivity index (χ2v) is 7.70. The molecule has 0 aliphatic heterocycles. The molecule has 0 fully saturated rings. The molecule has 114 valence electrons. The van der Waals surface area contributed by atoms with E-state index < -0.39 is 15.8 Å². The van der Waals surface area contributed by atoms with Crippen molar-refractivity contribution in [1.29, 1.82) is 0 Å². The molecule has 7 heteroatoms. The third-order valence-corrected chi connectivity index (χ3v) is 6.18. The number of rotatable bonds is 4. The van der Waals surface area contributed by atoms with Crippen molar-refractivity contribution < 1.29 is 12.8 Å². The molecule has 0 saturated carbocycles. The first kappa shape index (κ1) is 15.9. The molecular formula is C14H17FN2O2S2. The van der Waals surface area contributed by atoms with Crippen LogP contribution in [0.2, 0.25) is 0 Å². The number of nitrogen functional groups attached to an aromatic ring is 1. The number of hydrogen-bond acceptors (Lipinski definition) is 4. The Morgan fingerprint density at radius 3 is 2.62 bits per heavy atom. The zero-order valence-corrected chi connectivity index (χ0v) is 13.7. The number of sulfonamides is 1. The van der Waals surface area contributed by atoms with Gasteiger partial charge in [0, 0.05) is 13.6 Å². The molecule has 0 unspecified atom stereocenters. The standard InChI is InChI=1S/C14H17FN2O2S2/c1-9-6-12(15)13(16)10(2)14(9)21(18,19)17(3)7-11-4-5-20-8-11/h4-6,8H,7,16H2,1-3H3. The van der Waals surface area contributed by atoms with Crippen LogP contribution in [0, 0.1) is 19.7 Å². The van der Waals surface area contributed by atoms with Gasteiger partial charge in [-0.25, -0.2) is 12.8 Å². The van der Waals surface area contributed by atoms with Gasteiger partial charge in [0.15, 0.2) is 0 Å². The molecule has 1 aromatic carbocycles. The quantitative estimate of drug-likeness (QED) is 0.878. The van der Waals surface area contributed by atoms with E-state index in [1.165, 1.54) is 29.6 Å². The van der Waals surface area contributed by atoms with Crippen LogP contribution < -0.4 is 5.73 Å². The van der Waals surface area contributed by atoms with E-state index in [1.54, 1.807) is 6.92 Å². The zero-order chi connectivity index (χ0) is 15.8. The summed E-state index contributed by atoms with van der Waals surface area (Å²) < 4.78 is 40.3. The van der Waals surface area contributed by atoms with Crippen LogP contribution in [-0.2, 0) is 16.6 Å². The Labute approximate surface area is 128 Å². The summed E-state index contributed by atoms with van der Waals surface area (Å²) in [6.45, 7) is 3.36. The maximum atomic E-state index is 13.6. The number of hydrogen-bond donors (Lipinski definition) is 1. The maximum absolute atomic E-state index is 13.6. The minimum atomic E-state index is -3.72. The lowest BCUT2D eigenvalue weighted by Crippen LogP contribution is -2.28. The second kappa shape index (κ2) is 5.75. The Morgan fingerprint density at radius 2 is 2.05 bits per heavy atom. The fourth-order valence-electron chi connectivity index (χ4n) is 2.21. The smallest absolute Gasteiger partial charge is 0.243 e. The van der Waals surface area contributed by atoms with Gasteiger partial charge in [-0.1, -0.05) is 0 Å². The van der Waals surface area contributed by atoms with Gasteiger partial charge in [-0.2, -0.15) is 15.6 Å². The predicted octanol–water partition coefficient (Wildman–Crippen LogP) is 2.91. The highest BCUT2D eigenvalue weighted by Crippen LogP contribution is 2.30. The molecule has 1 aromatic heterocycles. The lowest BCUT2D eigenvalue weighted by atomic mass is 10.1. The van der Waals surface area contributed by atoms with Gasteiger partial charge in [0.2, 0.25) is 10.0 Å². The summed E-state index contributed by atoms with van der Waals surface area (Å²) >= 11 is 1.51. The molecule has 0 saturated heterocycles. The Morgan fingerprint density at radius 1 is 1.38 bits per heavy atom. The summed E-state index contributed by atoms with van der Waals surface area (Å²) in [5.41, 5.74) is 7.03. The molecule has 0 radical (unpaired) electrons. The fraction of sp³-hybridized carbons (Fsp3) is 0.286. The maximum Gasteiger partial charge on any atom is 0.243 e. The van der Waals surface area contributed by atoms with Crippen LogP contribution in [0.25, 0.3) is 0 Å². The first-order valence-corrected chi connectivity index (χ1v) is 8.66. The summed E-state index contributed by atoms with van der Waals surface area (Å²) in [6.07, 6.45) is 0. The van der Waals surface area contributed by atoms with Crippen molar-refractivity contribution in [2.45, 2.75) is 25.3 Å². The van der Waals surface area contributed by atoms with Gasteiger partial charge in [0.1, 0.15) is 5.82 Å². The molecular weight excluding hydrogens is 311 g/mol. The summed E-state index contributed by atoms with van der Waals surface area (Å²) in [7, 11) is -2.22. The molecule has 2 aromatic rings. The van der Waals surface area contributed by atoms with Gasteiger partial charge in [-0.15, -0.1) is 0 Å². The van der Waals surface area contributed by atoms with Crippen molar-refractivity contribution in [1.82, 2.24) is 4.31 Å². The number of thiophene rings is 1. The predicted molar refractivity (Wildman–Crippen MR) is 83.3 cm³/mol. The first-order valence-electron chi connectivity index (χ1n) is 6.27. The van der Waals surface area contributed by atoms with E-state index in [-0.39, 0.29) is 22.7 Å². The van der Waals surface area contributed by atoms with Crippen molar-refractivity contribution in [3.63, 3.8) is 0 Å². The molecule has 1 heterocycles. The van der Waals surface area contributed by atoms with Gasteiger partial charge in [-0.3, -0.25) is 0 Å². The summed E-state index contributed by atoms with van der Waals surface area (Å²) in [5, 5.41) is 3.78. The Balaban J connectivity index is 2.47. The molecule has 2 N–H and O–H groups in total. The molecule has 0 aliphatic carbocycles. The van der Waals surface area contributed by atoms with Crippen molar-refractivity contribution in [3.05, 3.63) is 45.4 Å².